The van der Waals surface area contributed by atoms with Crippen molar-refractivity contribution in [1.29, 1.82) is 0 Å². The molecule has 1 N–H and O–H groups in total. The standard InChI is InChI=1S/C21H47ClNO5PSi/c1-9-13-16-29(22,17-14-10-2,18-15-11-3)19(5)28-21(24)23-20(12-4)30(25-6,26-7)27-8/h19-20H,9-18H2,1-8H3,(H,23,24). The Morgan fingerprint density at radius 3 is 1.60 bits per heavy atom. The van der Waals surface area contributed by atoms with E-state index in [0.29, 0.717) is 6.42 Å². The molecule has 0 aromatic carbocycles. The summed E-state index contributed by atoms with van der Waals surface area (Å²) < 4.78 is 22.6. The van der Waals surface area contributed by atoms with Crippen LogP contribution in [0.4, 0.5) is 4.79 Å². The topological polar surface area (TPSA) is 66.0 Å². The van der Waals surface area contributed by atoms with Crippen molar-refractivity contribution in [3.05, 3.63) is 0 Å². The Labute approximate surface area is 191 Å². The Kier molecular flexibility index (Phi) is 14.3. The summed E-state index contributed by atoms with van der Waals surface area (Å²) >= 11 is 7.63. The van der Waals surface area contributed by atoms with Crippen molar-refractivity contribution >= 4 is 32.1 Å². The van der Waals surface area contributed by atoms with Crippen molar-refractivity contribution in [2.45, 2.75) is 91.1 Å². The van der Waals surface area contributed by atoms with Gasteiger partial charge in [-0.1, -0.05) is 0 Å². The quantitative estimate of drug-likeness (QED) is 0.191. The fraction of sp³-hybridized carbons (Fsp3) is 0.952. The van der Waals surface area contributed by atoms with E-state index in [9.17, 15) is 4.79 Å². The SMILES string of the molecule is CCCCP(Cl)(CCCC)(CCCC)C(C)OC(=O)NC(CC)[Si](OC)(OC)OC. The van der Waals surface area contributed by atoms with Crippen LogP contribution in [0.15, 0.2) is 0 Å². The normalized spacial score (nSPS) is 15.8. The zero-order chi connectivity index (χ0) is 23.3. The van der Waals surface area contributed by atoms with E-state index in [1.54, 1.807) is 21.3 Å². The number of alkyl carbamates (subject to hydrolysis) is 1. The summed E-state index contributed by atoms with van der Waals surface area (Å²) in [7, 11) is 1.61. The third-order valence-electron chi connectivity index (χ3n) is 6.29. The number of carbonyl (C=O) groups excluding carboxylic acids is 1. The molecule has 30 heavy (non-hydrogen) atoms. The zero-order valence-corrected chi connectivity index (χ0v) is 23.2. The van der Waals surface area contributed by atoms with Crippen LogP contribution in [0, 0.1) is 0 Å². The summed E-state index contributed by atoms with van der Waals surface area (Å²) in [6.45, 7) is 10.5. The number of hydrogen-bond donors (Lipinski definition) is 1. The fourth-order valence-corrected chi connectivity index (χ4v) is 12.7. The van der Waals surface area contributed by atoms with Crippen LogP contribution in [0.5, 0.6) is 0 Å². The third-order valence-corrected chi connectivity index (χ3v) is 17.8. The summed E-state index contributed by atoms with van der Waals surface area (Å²) in [5.74, 6) is -3.05. The number of halogens is 1. The molecular formula is C21H47ClNO5PSi. The van der Waals surface area contributed by atoms with Crippen LogP contribution in [0.1, 0.15) is 79.6 Å². The van der Waals surface area contributed by atoms with Gasteiger partial charge in [-0.3, -0.25) is 0 Å². The van der Waals surface area contributed by atoms with Gasteiger partial charge in [0.1, 0.15) is 0 Å². The van der Waals surface area contributed by atoms with Crippen LogP contribution in [-0.2, 0) is 18.0 Å². The molecule has 6 nitrogen and oxygen atoms in total. The maximum absolute atomic E-state index is 12.9. The minimum atomic E-state index is -3.02. The first kappa shape index (κ1) is 30.1. The van der Waals surface area contributed by atoms with Crippen LogP contribution < -0.4 is 5.32 Å². The molecule has 0 rings (SSSR count). The molecule has 2 atom stereocenters. The van der Waals surface area contributed by atoms with E-state index in [1.165, 1.54) is 0 Å². The van der Waals surface area contributed by atoms with Crippen LogP contribution in [-0.4, -0.2) is 66.2 Å². The van der Waals surface area contributed by atoms with E-state index >= 15 is 0 Å². The second-order valence-corrected chi connectivity index (χ2v) is 19.5. The minimum absolute atomic E-state index is 0.302. The van der Waals surface area contributed by atoms with Crippen LogP contribution in [0.2, 0.25) is 0 Å². The molecule has 0 saturated heterocycles. The van der Waals surface area contributed by atoms with Gasteiger partial charge in [0.05, 0.1) is 0 Å². The van der Waals surface area contributed by atoms with Gasteiger partial charge in [-0.25, -0.2) is 0 Å². The second-order valence-electron chi connectivity index (χ2n) is 8.23. The van der Waals surface area contributed by atoms with E-state index in [1.807, 2.05) is 13.8 Å². The number of unbranched alkanes of at least 4 members (excludes halogenated alkanes) is 3. The molecule has 0 bridgehead atoms. The van der Waals surface area contributed by atoms with Crippen molar-refractivity contribution in [1.82, 2.24) is 5.32 Å². The van der Waals surface area contributed by atoms with Gasteiger partial charge in [0, 0.05) is 0 Å². The van der Waals surface area contributed by atoms with Gasteiger partial charge in [-0.05, 0) is 0 Å². The van der Waals surface area contributed by atoms with Crippen molar-refractivity contribution in [2.24, 2.45) is 0 Å². The van der Waals surface area contributed by atoms with Crippen molar-refractivity contribution < 1.29 is 22.8 Å². The van der Waals surface area contributed by atoms with E-state index in [-0.39, 0.29) is 11.5 Å². The predicted octanol–water partition coefficient (Wildman–Crippen LogP) is 6.36. The molecule has 0 aromatic rings. The van der Waals surface area contributed by atoms with Crippen LogP contribution >= 0.6 is 17.2 Å². The van der Waals surface area contributed by atoms with Crippen LogP contribution in [0.25, 0.3) is 0 Å². The number of amides is 1. The first-order valence-electron chi connectivity index (χ1n) is 11.5. The molecule has 182 valence electrons. The zero-order valence-electron chi connectivity index (χ0n) is 20.6. The molecule has 0 radical (unpaired) electrons. The average molecular weight is 488 g/mol. The molecule has 0 aromatic heterocycles. The molecular weight excluding hydrogens is 441 g/mol. The Morgan fingerprint density at radius 2 is 1.30 bits per heavy atom. The van der Waals surface area contributed by atoms with Crippen molar-refractivity contribution in [3.63, 3.8) is 0 Å². The number of carbonyl (C=O) groups is 1. The Hall–Kier alpha value is 0.0869. The maximum atomic E-state index is 12.9. The summed E-state index contributed by atoms with van der Waals surface area (Å²) in [5, 5.41) is 2.94. The first-order valence-corrected chi connectivity index (χ1v) is 17.1. The molecule has 9 heteroatoms. The number of ether oxygens (including phenoxy) is 1. The predicted molar refractivity (Wildman–Crippen MR) is 132 cm³/mol. The first-order chi connectivity index (χ1) is 14.1. The van der Waals surface area contributed by atoms with Gasteiger partial charge in [-0.2, -0.15) is 0 Å². The van der Waals surface area contributed by atoms with Gasteiger partial charge < -0.3 is 0 Å². The van der Waals surface area contributed by atoms with Gasteiger partial charge in [0.15, 0.2) is 0 Å². The molecule has 0 fully saturated rings. The summed E-state index contributed by atoms with van der Waals surface area (Å²) in [6.07, 6.45) is 9.47. The molecule has 0 aliphatic carbocycles. The number of rotatable bonds is 17. The number of nitrogens with one attached hydrogen (secondary N) is 1. The average Bonchev–Trinajstić information content (AvgIpc) is 2.75. The summed E-state index contributed by atoms with van der Waals surface area (Å²) in [4.78, 5) is 12.9. The monoisotopic (exact) mass is 487 g/mol. The molecule has 0 aliphatic rings. The van der Waals surface area contributed by atoms with E-state index in [0.717, 1.165) is 57.0 Å². The van der Waals surface area contributed by atoms with Crippen molar-refractivity contribution in [3.8, 4) is 0 Å². The van der Waals surface area contributed by atoms with E-state index in [2.05, 4.69) is 26.1 Å². The van der Waals surface area contributed by atoms with Crippen LogP contribution in [0.3, 0.4) is 0 Å². The number of hydrogen-bond acceptors (Lipinski definition) is 5. The molecule has 0 saturated carbocycles. The molecule has 2 unspecified atom stereocenters. The summed E-state index contributed by atoms with van der Waals surface area (Å²) in [5.41, 5.74) is -0.388. The van der Waals surface area contributed by atoms with Crippen molar-refractivity contribution in [2.75, 3.05) is 39.8 Å². The molecule has 0 aliphatic heterocycles. The fourth-order valence-electron chi connectivity index (χ4n) is 4.06. The Bertz CT molecular complexity index is 463. The Morgan fingerprint density at radius 1 is 0.900 bits per heavy atom. The van der Waals surface area contributed by atoms with Gasteiger partial charge in [0.25, 0.3) is 0 Å². The van der Waals surface area contributed by atoms with E-state index < -0.39 is 20.9 Å². The summed E-state index contributed by atoms with van der Waals surface area (Å²) in [6, 6.07) is 0. The Balaban J connectivity index is 5.63. The van der Waals surface area contributed by atoms with Gasteiger partial charge in [-0.15, -0.1) is 0 Å². The molecule has 1 amide bonds. The molecule has 0 heterocycles. The second kappa shape index (κ2) is 14.3. The van der Waals surface area contributed by atoms with Gasteiger partial charge >= 0.3 is 191 Å². The third kappa shape index (κ3) is 7.90. The van der Waals surface area contributed by atoms with Gasteiger partial charge in [0.2, 0.25) is 0 Å². The van der Waals surface area contributed by atoms with E-state index in [4.69, 9.17) is 29.3 Å². The molecule has 0 spiro atoms.